The van der Waals surface area contributed by atoms with Crippen molar-refractivity contribution in [1.29, 1.82) is 10.8 Å². The van der Waals surface area contributed by atoms with Gasteiger partial charge in [0.25, 0.3) is 0 Å². The van der Waals surface area contributed by atoms with Gasteiger partial charge in [0, 0.05) is 33.3 Å². The highest BCUT2D eigenvalue weighted by molar-refractivity contribution is 6.09. The lowest BCUT2D eigenvalue weighted by Crippen LogP contribution is -2.12. The second-order valence-electron chi connectivity index (χ2n) is 4.82. The Kier molecular flexibility index (Phi) is 5.79. The van der Waals surface area contributed by atoms with Gasteiger partial charge < -0.3 is 16.5 Å². The van der Waals surface area contributed by atoms with Crippen LogP contribution in [0.5, 0.6) is 0 Å². The first kappa shape index (κ1) is 18.5. The molecule has 120 valence electrons. The predicted molar refractivity (Wildman–Crippen MR) is 100 cm³/mol. The molecule has 0 aliphatic heterocycles. The number of benzene rings is 2. The Morgan fingerprint density at radius 1 is 0.826 bits per heavy atom. The van der Waals surface area contributed by atoms with Crippen LogP contribution in [0, 0.1) is 10.8 Å². The van der Waals surface area contributed by atoms with Crippen molar-refractivity contribution in [2.45, 2.75) is 0 Å². The van der Waals surface area contributed by atoms with E-state index >= 15 is 0 Å². The van der Waals surface area contributed by atoms with Crippen LogP contribution < -0.4 is 11.5 Å². The van der Waals surface area contributed by atoms with Crippen molar-refractivity contribution in [1.82, 2.24) is 4.98 Å². The zero-order valence-electron chi connectivity index (χ0n) is 12.1. The van der Waals surface area contributed by atoms with E-state index in [1.165, 1.54) is 0 Å². The van der Waals surface area contributed by atoms with Crippen LogP contribution in [-0.2, 0) is 0 Å². The minimum absolute atomic E-state index is 0. The maximum absolute atomic E-state index is 7.68. The molecule has 1 aromatic heterocycles. The number of nitrogen functional groups attached to an aromatic ring is 2. The standard InChI is InChI=1S/C16H15N5.2ClH/c17-15(18)10-5-2-1-4-9(10)14-8-12-11(16(19)20)6-3-7-13(12)21-14;;/h1-8,21H,(H3,17,18)(H3,19,20);2*1H. The van der Waals surface area contributed by atoms with Crippen LogP contribution in [0.4, 0.5) is 0 Å². The maximum atomic E-state index is 7.68. The molecule has 0 amide bonds. The van der Waals surface area contributed by atoms with Crippen LogP contribution in [0.15, 0.2) is 48.5 Å². The van der Waals surface area contributed by atoms with E-state index in [1.807, 2.05) is 48.5 Å². The molecule has 0 unspecified atom stereocenters. The van der Waals surface area contributed by atoms with Crippen molar-refractivity contribution < 1.29 is 0 Å². The Balaban J connectivity index is 0.00000132. The second kappa shape index (κ2) is 7.17. The molecule has 0 aliphatic carbocycles. The quantitative estimate of drug-likeness (QED) is 0.368. The molecular formula is C16H17Cl2N5. The minimum atomic E-state index is 0. The van der Waals surface area contributed by atoms with E-state index < -0.39 is 0 Å². The second-order valence-corrected chi connectivity index (χ2v) is 4.82. The van der Waals surface area contributed by atoms with Crippen molar-refractivity contribution in [3.05, 3.63) is 59.7 Å². The fourth-order valence-corrected chi connectivity index (χ4v) is 2.49. The molecule has 0 aliphatic rings. The van der Waals surface area contributed by atoms with E-state index in [0.717, 1.165) is 22.2 Å². The first-order valence-electron chi connectivity index (χ1n) is 6.48. The SMILES string of the molecule is Cl.Cl.N=C(N)c1ccccc1-c1cc2c(C(=N)N)cccc2[nH]1. The zero-order chi connectivity index (χ0) is 15.0. The van der Waals surface area contributed by atoms with Crippen molar-refractivity contribution >= 4 is 47.4 Å². The number of fused-ring (bicyclic) bond motifs is 1. The molecule has 0 radical (unpaired) electrons. The first-order chi connectivity index (χ1) is 10.1. The van der Waals surface area contributed by atoms with Crippen LogP contribution in [0.2, 0.25) is 0 Å². The molecule has 0 bridgehead atoms. The van der Waals surface area contributed by atoms with E-state index in [-0.39, 0.29) is 36.5 Å². The normalized spacial score (nSPS) is 9.74. The van der Waals surface area contributed by atoms with E-state index in [9.17, 15) is 0 Å². The number of nitrogens with one attached hydrogen (secondary N) is 3. The lowest BCUT2D eigenvalue weighted by atomic mass is 10.0. The number of amidine groups is 2. The van der Waals surface area contributed by atoms with Gasteiger partial charge in [-0.3, -0.25) is 10.8 Å². The number of rotatable bonds is 3. The zero-order valence-corrected chi connectivity index (χ0v) is 13.7. The van der Waals surface area contributed by atoms with Gasteiger partial charge in [-0.15, -0.1) is 24.8 Å². The Morgan fingerprint density at radius 3 is 2.09 bits per heavy atom. The van der Waals surface area contributed by atoms with Gasteiger partial charge in [-0.05, 0) is 12.1 Å². The Morgan fingerprint density at radius 2 is 1.43 bits per heavy atom. The Labute approximate surface area is 145 Å². The molecular weight excluding hydrogens is 333 g/mol. The number of aromatic amines is 1. The summed E-state index contributed by atoms with van der Waals surface area (Å²) in [7, 11) is 0. The van der Waals surface area contributed by atoms with E-state index in [0.29, 0.717) is 11.1 Å². The van der Waals surface area contributed by atoms with Gasteiger partial charge in [-0.1, -0.05) is 36.4 Å². The number of hydrogen-bond donors (Lipinski definition) is 5. The predicted octanol–water partition coefficient (Wildman–Crippen LogP) is 3.25. The van der Waals surface area contributed by atoms with Gasteiger partial charge in [0.05, 0.1) is 0 Å². The summed E-state index contributed by atoms with van der Waals surface area (Å²) in [5, 5.41) is 16.2. The van der Waals surface area contributed by atoms with Crippen LogP contribution in [-0.4, -0.2) is 16.7 Å². The molecule has 3 aromatic rings. The van der Waals surface area contributed by atoms with Crippen molar-refractivity contribution in [3.8, 4) is 11.3 Å². The first-order valence-corrected chi connectivity index (χ1v) is 6.48. The molecule has 23 heavy (non-hydrogen) atoms. The van der Waals surface area contributed by atoms with Gasteiger partial charge in [0.2, 0.25) is 0 Å². The highest BCUT2D eigenvalue weighted by atomic mass is 35.5. The third-order valence-corrected chi connectivity index (χ3v) is 3.46. The largest absolute Gasteiger partial charge is 0.384 e. The van der Waals surface area contributed by atoms with Crippen LogP contribution >= 0.6 is 24.8 Å². The van der Waals surface area contributed by atoms with Crippen molar-refractivity contribution in [2.24, 2.45) is 11.5 Å². The Bertz CT molecular complexity index is 870. The summed E-state index contributed by atoms with van der Waals surface area (Å²) in [6.45, 7) is 0. The minimum Gasteiger partial charge on any atom is -0.384 e. The number of halogens is 2. The molecule has 0 fully saturated rings. The molecule has 7 heteroatoms. The summed E-state index contributed by atoms with van der Waals surface area (Å²) in [6, 6.07) is 15.0. The van der Waals surface area contributed by atoms with Crippen LogP contribution in [0.3, 0.4) is 0 Å². The number of hydrogen-bond acceptors (Lipinski definition) is 2. The van der Waals surface area contributed by atoms with E-state index in [1.54, 1.807) is 0 Å². The van der Waals surface area contributed by atoms with Gasteiger partial charge in [0.15, 0.2) is 0 Å². The van der Waals surface area contributed by atoms with Gasteiger partial charge in [0.1, 0.15) is 11.7 Å². The monoisotopic (exact) mass is 349 g/mol. The van der Waals surface area contributed by atoms with Crippen molar-refractivity contribution in [3.63, 3.8) is 0 Å². The molecule has 2 aromatic carbocycles. The number of aromatic nitrogens is 1. The average molecular weight is 350 g/mol. The lowest BCUT2D eigenvalue weighted by molar-refractivity contribution is 1.40. The van der Waals surface area contributed by atoms with Crippen LogP contribution in [0.1, 0.15) is 11.1 Å². The summed E-state index contributed by atoms with van der Waals surface area (Å²) in [5.41, 5.74) is 15.2. The summed E-state index contributed by atoms with van der Waals surface area (Å²) >= 11 is 0. The molecule has 3 rings (SSSR count). The topological polar surface area (TPSA) is 116 Å². The maximum Gasteiger partial charge on any atom is 0.123 e. The highest BCUT2D eigenvalue weighted by Crippen LogP contribution is 2.28. The smallest absolute Gasteiger partial charge is 0.123 e. The molecule has 0 saturated carbocycles. The highest BCUT2D eigenvalue weighted by Gasteiger charge is 2.12. The molecule has 0 spiro atoms. The third kappa shape index (κ3) is 3.31. The third-order valence-electron chi connectivity index (χ3n) is 3.46. The van der Waals surface area contributed by atoms with Gasteiger partial charge in [-0.2, -0.15) is 0 Å². The summed E-state index contributed by atoms with van der Waals surface area (Å²) in [5.74, 6) is 0.0575. The Hall–Kier alpha value is -2.50. The van der Waals surface area contributed by atoms with Gasteiger partial charge in [-0.25, -0.2) is 0 Å². The fraction of sp³-hybridized carbons (Fsp3) is 0. The molecule has 0 atom stereocenters. The van der Waals surface area contributed by atoms with Crippen molar-refractivity contribution in [2.75, 3.05) is 0 Å². The van der Waals surface area contributed by atoms with Gasteiger partial charge >= 0.3 is 0 Å². The number of H-pyrrole nitrogens is 1. The molecule has 0 saturated heterocycles. The molecule has 7 N–H and O–H groups in total. The van der Waals surface area contributed by atoms with Crippen LogP contribution in [0.25, 0.3) is 22.2 Å². The summed E-state index contributed by atoms with van der Waals surface area (Å²) < 4.78 is 0. The fourth-order valence-electron chi connectivity index (χ4n) is 2.49. The molecule has 5 nitrogen and oxygen atoms in total. The number of nitrogens with two attached hydrogens (primary N) is 2. The molecule has 1 heterocycles. The average Bonchev–Trinajstić information content (AvgIpc) is 2.90. The van der Waals surface area contributed by atoms with E-state index in [4.69, 9.17) is 22.3 Å². The summed E-state index contributed by atoms with van der Waals surface area (Å²) in [4.78, 5) is 3.30. The summed E-state index contributed by atoms with van der Waals surface area (Å²) in [6.07, 6.45) is 0. The van der Waals surface area contributed by atoms with E-state index in [2.05, 4.69) is 4.98 Å². The lowest BCUT2D eigenvalue weighted by Gasteiger charge is -2.05.